The van der Waals surface area contributed by atoms with Crippen molar-refractivity contribution < 1.29 is 0 Å². The van der Waals surface area contributed by atoms with Crippen molar-refractivity contribution in [3.8, 4) is 11.1 Å². The van der Waals surface area contributed by atoms with Crippen LogP contribution in [0.2, 0.25) is 0 Å². The first kappa shape index (κ1) is 13.8. The van der Waals surface area contributed by atoms with E-state index in [2.05, 4.69) is 68.1 Å². The Labute approximate surface area is 124 Å². The molecule has 0 spiro atoms. The van der Waals surface area contributed by atoms with Crippen molar-refractivity contribution in [2.45, 2.75) is 46.2 Å². The Morgan fingerprint density at radius 2 is 1.40 bits per heavy atom. The molecule has 0 radical (unpaired) electrons. The maximum absolute atomic E-state index is 2.86. The van der Waals surface area contributed by atoms with Crippen molar-refractivity contribution >= 4 is 9.24 Å². The predicted molar refractivity (Wildman–Crippen MR) is 91.6 cm³/mol. The molecule has 0 aliphatic heterocycles. The van der Waals surface area contributed by atoms with Crippen LogP contribution in [0.15, 0.2) is 24.3 Å². The fourth-order valence-electron chi connectivity index (χ4n) is 3.98. The van der Waals surface area contributed by atoms with Crippen molar-refractivity contribution in [3.05, 3.63) is 57.6 Å². The van der Waals surface area contributed by atoms with Crippen molar-refractivity contribution in [2.75, 3.05) is 0 Å². The van der Waals surface area contributed by atoms with E-state index in [-0.39, 0.29) is 5.41 Å². The molecule has 1 aliphatic rings. The SMILES string of the molecule is Cc1ccc2c(c1C)C(C)(C)c1c-2ccc(CP)c1C. The molecule has 0 saturated carbocycles. The fourth-order valence-corrected chi connectivity index (χ4v) is 4.42. The van der Waals surface area contributed by atoms with Gasteiger partial charge in [-0.05, 0) is 71.4 Å². The lowest BCUT2D eigenvalue weighted by atomic mass is 9.77. The molecule has 0 heterocycles. The van der Waals surface area contributed by atoms with Gasteiger partial charge in [0.05, 0.1) is 0 Å². The summed E-state index contributed by atoms with van der Waals surface area (Å²) in [6.07, 6.45) is 1.03. The van der Waals surface area contributed by atoms with Gasteiger partial charge in [-0.2, -0.15) is 0 Å². The second-order valence-electron chi connectivity index (χ2n) is 6.53. The Hall–Kier alpha value is -1.13. The quantitative estimate of drug-likeness (QED) is 0.623. The van der Waals surface area contributed by atoms with Gasteiger partial charge in [0.2, 0.25) is 0 Å². The molecule has 2 aromatic carbocycles. The Morgan fingerprint density at radius 3 is 2.00 bits per heavy atom. The van der Waals surface area contributed by atoms with Gasteiger partial charge in [-0.15, -0.1) is 9.24 Å². The number of rotatable bonds is 1. The normalized spacial score (nSPS) is 15.1. The minimum absolute atomic E-state index is 0.112. The molecule has 0 fully saturated rings. The zero-order chi connectivity index (χ0) is 14.7. The van der Waals surface area contributed by atoms with E-state index < -0.39 is 0 Å². The lowest BCUT2D eigenvalue weighted by Gasteiger charge is -2.26. The van der Waals surface area contributed by atoms with Gasteiger partial charge < -0.3 is 0 Å². The van der Waals surface area contributed by atoms with Crippen LogP contribution < -0.4 is 0 Å². The first-order chi connectivity index (χ1) is 9.39. The summed E-state index contributed by atoms with van der Waals surface area (Å²) in [5, 5.41) is 0. The van der Waals surface area contributed by atoms with E-state index in [1.165, 1.54) is 44.5 Å². The molecule has 1 aliphatic carbocycles. The average Bonchev–Trinajstić information content (AvgIpc) is 2.63. The van der Waals surface area contributed by atoms with E-state index in [1.54, 1.807) is 0 Å². The third kappa shape index (κ3) is 1.64. The minimum Gasteiger partial charge on any atom is -0.133 e. The summed E-state index contributed by atoms with van der Waals surface area (Å²) in [7, 11) is 2.86. The monoisotopic (exact) mass is 282 g/mol. The van der Waals surface area contributed by atoms with Gasteiger partial charge >= 0.3 is 0 Å². The Bertz CT molecular complexity index is 708. The van der Waals surface area contributed by atoms with Gasteiger partial charge in [-0.25, -0.2) is 0 Å². The van der Waals surface area contributed by atoms with E-state index in [0.717, 1.165) is 6.16 Å². The van der Waals surface area contributed by atoms with Crippen LogP contribution in [0, 0.1) is 20.8 Å². The topological polar surface area (TPSA) is 0 Å². The molecule has 2 aromatic rings. The molecular formula is C19H23P. The molecule has 0 amide bonds. The van der Waals surface area contributed by atoms with Gasteiger partial charge in [0, 0.05) is 5.41 Å². The highest BCUT2D eigenvalue weighted by atomic mass is 31.0. The Morgan fingerprint density at radius 1 is 0.850 bits per heavy atom. The van der Waals surface area contributed by atoms with Crippen LogP contribution >= 0.6 is 9.24 Å². The van der Waals surface area contributed by atoms with E-state index in [4.69, 9.17) is 0 Å². The van der Waals surface area contributed by atoms with E-state index in [9.17, 15) is 0 Å². The second-order valence-corrected chi connectivity index (χ2v) is 6.94. The number of hydrogen-bond donors (Lipinski definition) is 0. The number of benzene rings is 2. The van der Waals surface area contributed by atoms with Crippen LogP contribution in [0.1, 0.15) is 47.2 Å². The first-order valence-electron chi connectivity index (χ1n) is 7.33. The zero-order valence-corrected chi connectivity index (χ0v) is 14.2. The van der Waals surface area contributed by atoms with Crippen LogP contribution in [0.25, 0.3) is 11.1 Å². The summed E-state index contributed by atoms with van der Waals surface area (Å²) >= 11 is 0. The molecule has 1 heteroatoms. The fraction of sp³-hybridized carbons (Fsp3) is 0.368. The largest absolute Gasteiger partial charge is 0.133 e. The molecule has 0 bridgehead atoms. The van der Waals surface area contributed by atoms with E-state index in [1.807, 2.05) is 0 Å². The highest BCUT2D eigenvalue weighted by Crippen LogP contribution is 2.52. The summed E-state index contributed by atoms with van der Waals surface area (Å²) in [6.45, 7) is 11.5. The predicted octanol–water partition coefficient (Wildman–Crippen LogP) is 5.29. The molecule has 0 N–H and O–H groups in total. The highest BCUT2D eigenvalue weighted by Gasteiger charge is 2.38. The molecule has 1 unspecified atom stereocenters. The summed E-state index contributed by atoms with van der Waals surface area (Å²) in [6, 6.07) is 9.19. The van der Waals surface area contributed by atoms with Crippen LogP contribution in [-0.4, -0.2) is 0 Å². The van der Waals surface area contributed by atoms with Crippen molar-refractivity contribution in [1.29, 1.82) is 0 Å². The summed E-state index contributed by atoms with van der Waals surface area (Å²) in [5.74, 6) is 0. The van der Waals surface area contributed by atoms with Gasteiger partial charge in [0.1, 0.15) is 0 Å². The molecule has 1 atom stereocenters. The van der Waals surface area contributed by atoms with Gasteiger partial charge in [-0.1, -0.05) is 38.1 Å². The summed E-state index contributed by atoms with van der Waals surface area (Å²) in [4.78, 5) is 0. The van der Waals surface area contributed by atoms with Crippen LogP contribution in [0.5, 0.6) is 0 Å². The minimum atomic E-state index is 0.112. The average molecular weight is 282 g/mol. The Balaban J connectivity index is 2.41. The lowest BCUT2D eigenvalue weighted by molar-refractivity contribution is 0.649. The van der Waals surface area contributed by atoms with Crippen LogP contribution in [0.4, 0.5) is 0 Å². The van der Waals surface area contributed by atoms with Crippen LogP contribution in [-0.2, 0) is 11.6 Å². The van der Waals surface area contributed by atoms with Crippen molar-refractivity contribution in [3.63, 3.8) is 0 Å². The Kier molecular flexibility index (Phi) is 3.07. The van der Waals surface area contributed by atoms with Crippen molar-refractivity contribution in [2.24, 2.45) is 0 Å². The van der Waals surface area contributed by atoms with Gasteiger partial charge in [0.25, 0.3) is 0 Å². The van der Waals surface area contributed by atoms with Gasteiger partial charge in [0.15, 0.2) is 0 Å². The third-order valence-corrected chi connectivity index (χ3v) is 5.51. The summed E-state index contributed by atoms with van der Waals surface area (Å²) in [5.41, 5.74) is 11.8. The molecular weight excluding hydrogens is 259 g/mol. The summed E-state index contributed by atoms with van der Waals surface area (Å²) < 4.78 is 0. The molecule has 3 rings (SSSR count). The highest BCUT2D eigenvalue weighted by molar-refractivity contribution is 7.15. The molecule has 0 nitrogen and oxygen atoms in total. The maximum atomic E-state index is 2.86. The van der Waals surface area contributed by atoms with E-state index in [0.29, 0.717) is 0 Å². The maximum Gasteiger partial charge on any atom is 0.0164 e. The van der Waals surface area contributed by atoms with Gasteiger partial charge in [-0.3, -0.25) is 0 Å². The third-order valence-electron chi connectivity index (χ3n) is 5.07. The lowest BCUT2D eigenvalue weighted by Crippen LogP contribution is -2.18. The first-order valence-corrected chi connectivity index (χ1v) is 8.15. The molecule has 0 aromatic heterocycles. The second kappa shape index (κ2) is 4.43. The standard InChI is InChI=1S/C19H23P/c1-11-6-8-15-16-9-7-14(10-20)13(3)18(16)19(4,5)17(15)12(11)2/h6-9H,10,20H2,1-5H3. The number of hydrogen-bond acceptors (Lipinski definition) is 0. The molecule has 20 heavy (non-hydrogen) atoms. The smallest absolute Gasteiger partial charge is 0.0164 e. The van der Waals surface area contributed by atoms with Crippen molar-refractivity contribution in [1.82, 2.24) is 0 Å². The number of aryl methyl sites for hydroxylation is 1. The zero-order valence-electron chi connectivity index (χ0n) is 13.1. The van der Waals surface area contributed by atoms with E-state index >= 15 is 0 Å². The number of fused-ring (bicyclic) bond motifs is 3. The molecule has 0 saturated heterocycles. The van der Waals surface area contributed by atoms with Crippen LogP contribution in [0.3, 0.4) is 0 Å². The molecule has 104 valence electrons.